The third-order valence-corrected chi connectivity index (χ3v) is 3.50. The molecule has 0 heterocycles. The van der Waals surface area contributed by atoms with Crippen molar-refractivity contribution in [1.29, 1.82) is 0 Å². The summed E-state index contributed by atoms with van der Waals surface area (Å²) in [4.78, 5) is 0. The molecule has 2 N–H and O–H groups in total. The maximum absolute atomic E-state index is 5.78. The fourth-order valence-corrected chi connectivity index (χ4v) is 2.41. The van der Waals surface area contributed by atoms with Gasteiger partial charge in [-0.1, -0.05) is 12.8 Å². The molecule has 4 nitrogen and oxygen atoms in total. The van der Waals surface area contributed by atoms with E-state index in [0.717, 1.165) is 13.2 Å². The SMILES string of the molecule is COCCOCCOCC1CCCCC1CN. The smallest absolute Gasteiger partial charge is 0.0701 e. The van der Waals surface area contributed by atoms with Gasteiger partial charge in [-0.2, -0.15) is 0 Å². The van der Waals surface area contributed by atoms with Crippen LogP contribution in [0.5, 0.6) is 0 Å². The predicted octanol–water partition coefficient (Wildman–Crippen LogP) is 1.43. The summed E-state index contributed by atoms with van der Waals surface area (Å²) in [6, 6.07) is 0. The molecule has 1 saturated carbocycles. The monoisotopic (exact) mass is 245 g/mol. The van der Waals surface area contributed by atoms with Crippen LogP contribution in [0, 0.1) is 11.8 Å². The highest BCUT2D eigenvalue weighted by molar-refractivity contribution is 4.75. The fourth-order valence-electron chi connectivity index (χ4n) is 2.41. The highest BCUT2D eigenvalue weighted by atomic mass is 16.5. The molecule has 0 amide bonds. The van der Waals surface area contributed by atoms with Crippen LogP contribution in [-0.4, -0.2) is 46.7 Å². The molecule has 0 aliphatic heterocycles. The molecule has 102 valence electrons. The minimum atomic E-state index is 0.648. The number of ether oxygens (including phenoxy) is 3. The van der Waals surface area contributed by atoms with Crippen LogP contribution in [0.25, 0.3) is 0 Å². The molecular formula is C13H27NO3. The molecule has 17 heavy (non-hydrogen) atoms. The first-order valence-electron chi connectivity index (χ1n) is 6.73. The van der Waals surface area contributed by atoms with E-state index in [1.54, 1.807) is 7.11 Å². The van der Waals surface area contributed by atoms with Gasteiger partial charge in [-0.15, -0.1) is 0 Å². The lowest BCUT2D eigenvalue weighted by atomic mass is 9.80. The van der Waals surface area contributed by atoms with Gasteiger partial charge in [-0.25, -0.2) is 0 Å². The third kappa shape index (κ3) is 6.36. The Morgan fingerprint density at radius 2 is 1.59 bits per heavy atom. The Labute approximate surface area is 105 Å². The molecule has 0 saturated heterocycles. The summed E-state index contributed by atoms with van der Waals surface area (Å²) in [5.74, 6) is 1.32. The van der Waals surface area contributed by atoms with Crippen molar-refractivity contribution in [1.82, 2.24) is 0 Å². The van der Waals surface area contributed by atoms with E-state index in [0.29, 0.717) is 38.3 Å². The molecule has 2 atom stereocenters. The summed E-state index contributed by atoms with van der Waals surface area (Å²) < 4.78 is 15.9. The molecule has 1 fully saturated rings. The van der Waals surface area contributed by atoms with Crippen molar-refractivity contribution in [3.63, 3.8) is 0 Å². The van der Waals surface area contributed by atoms with Crippen molar-refractivity contribution in [3.05, 3.63) is 0 Å². The topological polar surface area (TPSA) is 53.7 Å². The lowest BCUT2D eigenvalue weighted by Crippen LogP contribution is -2.30. The van der Waals surface area contributed by atoms with E-state index in [1.165, 1.54) is 25.7 Å². The maximum atomic E-state index is 5.78. The van der Waals surface area contributed by atoms with Crippen molar-refractivity contribution in [2.24, 2.45) is 17.6 Å². The highest BCUT2D eigenvalue weighted by Crippen LogP contribution is 2.29. The molecule has 0 aromatic rings. The first kappa shape index (κ1) is 14.9. The Hall–Kier alpha value is -0.160. The maximum Gasteiger partial charge on any atom is 0.0701 e. The summed E-state index contributed by atoms with van der Waals surface area (Å²) in [5, 5.41) is 0. The van der Waals surface area contributed by atoms with Crippen molar-refractivity contribution in [3.8, 4) is 0 Å². The largest absolute Gasteiger partial charge is 0.382 e. The zero-order chi connectivity index (χ0) is 12.3. The van der Waals surface area contributed by atoms with Crippen LogP contribution in [0.2, 0.25) is 0 Å². The Morgan fingerprint density at radius 1 is 0.941 bits per heavy atom. The predicted molar refractivity (Wildman–Crippen MR) is 68.0 cm³/mol. The lowest BCUT2D eigenvalue weighted by molar-refractivity contribution is 0.00422. The van der Waals surface area contributed by atoms with Crippen molar-refractivity contribution >= 4 is 0 Å². The molecule has 1 rings (SSSR count). The van der Waals surface area contributed by atoms with Crippen molar-refractivity contribution in [2.45, 2.75) is 25.7 Å². The number of hydrogen-bond acceptors (Lipinski definition) is 4. The zero-order valence-corrected chi connectivity index (χ0v) is 11.0. The van der Waals surface area contributed by atoms with Crippen molar-refractivity contribution in [2.75, 3.05) is 46.7 Å². The average Bonchev–Trinajstić information content (AvgIpc) is 2.38. The second kappa shape index (κ2) is 9.83. The summed E-state index contributed by atoms with van der Waals surface area (Å²) >= 11 is 0. The summed E-state index contributed by atoms with van der Waals surface area (Å²) in [6.45, 7) is 4.28. The molecule has 0 aromatic carbocycles. The molecule has 0 spiro atoms. The number of hydrogen-bond donors (Lipinski definition) is 1. The van der Waals surface area contributed by atoms with E-state index in [4.69, 9.17) is 19.9 Å². The van der Waals surface area contributed by atoms with Gasteiger partial charge in [0.1, 0.15) is 0 Å². The van der Waals surface area contributed by atoms with E-state index in [9.17, 15) is 0 Å². The highest BCUT2D eigenvalue weighted by Gasteiger charge is 2.23. The molecule has 0 radical (unpaired) electrons. The summed E-state index contributed by atoms with van der Waals surface area (Å²) in [5.41, 5.74) is 5.78. The molecule has 1 aliphatic rings. The zero-order valence-electron chi connectivity index (χ0n) is 11.0. The Balaban J connectivity index is 1.97. The van der Waals surface area contributed by atoms with Gasteiger partial charge in [0.2, 0.25) is 0 Å². The van der Waals surface area contributed by atoms with Crippen molar-refractivity contribution < 1.29 is 14.2 Å². The van der Waals surface area contributed by atoms with E-state index in [1.807, 2.05) is 0 Å². The van der Waals surface area contributed by atoms with Crippen LogP contribution in [0.1, 0.15) is 25.7 Å². The first-order valence-corrected chi connectivity index (χ1v) is 6.73. The molecule has 2 unspecified atom stereocenters. The van der Waals surface area contributed by atoms with Gasteiger partial charge in [-0.05, 0) is 31.2 Å². The standard InChI is InChI=1S/C13H27NO3/c1-15-6-7-16-8-9-17-11-13-5-3-2-4-12(13)10-14/h12-13H,2-11,14H2,1H3. The van der Waals surface area contributed by atoms with E-state index in [2.05, 4.69) is 0 Å². The molecule has 0 bridgehead atoms. The fraction of sp³-hybridized carbons (Fsp3) is 1.00. The number of methoxy groups -OCH3 is 1. The van der Waals surface area contributed by atoms with E-state index >= 15 is 0 Å². The molecule has 4 heteroatoms. The van der Waals surface area contributed by atoms with Crippen LogP contribution in [0.4, 0.5) is 0 Å². The quantitative estimate of drug-likeness (QED) is 0.624. The third-order valence-electron chi connectivity index (χ3n) is 3.50. The van der Waals surface area contributed by atoms with Gasteiger partial charge >= 0.3 is 0 Å². The average molecular weight is 245 g/mol. The van der Waals surface area contributed by atoms with Gasteiger partial charge in [0.25, 0.3) is 0 Å². The van der Waals surface area contributed by atoms with Gasteiger partial charge in [-0.3, -0.25) is 0 Å². The molecule has 1 aliphatic carbocycles. The Kier molecular flexibility index (Phi) is 8.61. The lowest BCUT2D eigenvalue weighted by Gasteiger charge is -2.30. The van der Waals surface area contributed by atoms with Crippen LogP contribution in [0.3, 0.4) is 0 Å². The van der Waals surface area contributed by atoms with Crippen LogP contribution in [0.15, 0.2) is 0 Å². The first-order chi connectivity index (χ1) is 8.38. The number of nitrogens with two attached hydrogens (primary N) is 1. The molecule has 0 aromatic heterocycles. The summed E-state index contributed by atoms with van der Waals surface area (Å²) in [7, 11) is 1.68. The van der Waals surface area contributed by atoms with Gasteiger partial charge in [0.15, 0.2) is 0 Å². The van der Waals surface area contributed by atoms with Crippen LogP contribution in [-0.2, 0) is 14.2 Å². The Bertz CT molecular complexity index is 178. The molecular weight excluding hydrogens is 218 g/mol. The van der Waals surface area contributed by atoms with Gasteiger partial charge in [0.05, 0.1) is 26.4 Å². The summed E-state index contributed by atoms with van der Waals surface area (Å²) in [6.07, 6.45) is 5.20. The second-order valence-corrected chi connectivity index (χ2v) is 4.72. The minimum absolute atomic E-state index is 0.648. The normalized spacial score (nSPS) is 25.1. The van der Waals surface area contributed by atoms with E-state index < -0.39 is 0 Å². The minimum Gasteiger partial charge on any atom is -0.382 e. The van der Waals surface area contributed by atoms with Gasteiger partial charge < -0.3 is 19.9 Å². The van der Waals surface area contributed by atoms with E-state index in [-0.39, 0.29) is 0 Å². The second-order valence-electron chi connectivity index (χ2n) is 4.72. The number of rotatable bonds is 9. The van der Waals surface area contributed by atoms with Gasteiger partial charge in [0, 0.05) is 13.7 Å². The van der Waals surface area contributed by atoms with Crippen LogP contribution >= 0.6 is 0 Å². The Morgan fingerprint density at radius 3 is 2.29 bits per heavy atom. The van der Waals surface area contributed by atoms with Crippen LogP contribution < -0.4 is 5.73 Å².